The fourth-order valence-corrected chi connectivity index (χ4v) is 0.608. The molecule has 1 rings (SSSR count). The molecule has 0 aliphatic rings. The van der Waals surface area contributed by atoms with Crippen LogP contribution >= 0.6 is 0 Å². The number of hydrogen-bond donors (Lipinski definition) is 1. The van der Waals surface area contributed by atoms with E-state index in [0.717, 1.165) is 0 Å². The van der Waals surface area contributed by atoms with Gasteiger partial charge in [-0.1, -0.05) is 13.8 Å². The number of hydrogen-bond acceptors (Lipinski definition) is 3. The monoisotopic (exact) mass is 164 g/mol. The van der Waals surface area contributed by atoms with Crippen LogP contribution < -0.4 is 10.7 Å². The molecular weight excluding hydrogens is 152 g/mol. The molecule has 0 aliphatic heterocycles. The summed E-state index contributed by atoms with van der Waals surface area (Å²) in [5.74, 6) is 5.41. The third-order valence-electron chi connectivity index (χ3n) is 1.12. The molecule has 0 fully saturated rings. The Kier molecular flexibility index (Phi) is 5.41. The van der Waals surface area contributed by atoms with E-state index in [9.17, 15) is 0 Å². The molecule has 3 nitrogen and oxygen atoms in total. The lowest BCUT2D eigenvalue weighted by atomic mass is 10.2. The van der Waals surface area contributed by atoms with Gasteiger partial charge in [-0.05, 0) is 24.3 Å². The van der Waals surface area contributed by atoms with Crippen molar-refractivity contribution >= 4 is 0 Å². The van der Waals surface area contributed by atoms with E-state index in [1.807, 2.05) is 19.9 Å². The molecule has 0 spiro atoms. The fourth-order valence-electron chi connectivity index (χ4n) is 0.608. The summed E-state index contributed by atoms with van der Waals surface area (Å²) in [5.41, 5.74) is 0.598. The summed E-state index contributed by atoms with van der Waals surface area (Å²) in [7, 11) is 0. The molecule has 0 saturated heterocycles. The van der Waals surface area contributed by atoms with Gasteiger partial charge in [0.1, 0.15) is 5.75 Å². The van der Waals surface area contributed by atoms with Crippen molar-refractivity contribution in [2.75, 3.05) is 0 Å². The number of benzene rings is 1. The minimum absolute atomic E-state index is 0.555. The summed E-state index contributed by atoms with van der Waals surface area (Å²) in [6.45, 7) is 4.00. The van der Waals surface area contributed by atoms with E-state index in [1.165, 1.54) is 0 Å². The predicted molar refractivity (Wildman–Crippen MR) is 47.3 cm³/mol. The van der Waals surface area contributed by atoms with Crippen molar-refractivity contribution in [1.29, 1.82) is 5.26 Å². The Labute approximate surface area is 72.3 Å². The second-order valence-electron chi connectivity index (χ2n) is 1.75. The molecule has 2 N–H and O–H groups in total. The van der Waals surface area contributed by atoms with Gasteiger partial charge in [0.05, 0.1) is 11.6 Å². The van der Waals surface area contributed by atoms with E-state index in [0.29, 0.717) is 11.3 Å². The summed E-state index contributed by atoms with van der Waals surface area (Å²) >= 11 is 0. The van der Waals surface area contributed by atoms with Gasteiger partial charge in [0.25, 0.3) is 0 Å². The summed E-state index contributed by atoms with van der Waals surface area (Å²) < 4.78 is 0. The third-order valence-corrected chi connectivity index (χ3v) is 1.12. The second kappa shape index (κ2) is 6.20. The normalized spacial score (nSPS) is 7.50. The first kappa shape index (κ1) is 10.5. The molecule has 64 valence electrons. The molecule has 0 heterocycles. The molecule has 0 aliphatic carbocycles. The average molecular weight is 164 g/mol. The highest BCUT2D eigenvalue weighted by molar-refractivity contribution is 5.34. The van der Waals surface area contributed by atoms with E-state index in [2.05, 4.69) is 4.84 Å². The van der Waals surface area contributed by atoms with Gasteiger partial charge < -0.3 is 4.84 Å². The molecule has 0 unspecified atom stereocenters. The smallest absolute Gasteiger partial charge is 0.146 e. The van der Waals surface area contributed by atoms with Gasteiger partial charge in [-0.25, -0.2) is 0 Å². The first-order valence-corrected chi connectivity index (χ1v) is 3.73. The zero-order chi connectivity index (χ0) is 9.40. The SMILES string of the molecule is CC.N#Cc1ccc(ON)cc1. The predicted octanol–water partition coefficient (Wildman–Crippen LogP) is 1.84. The lowest BCUT2D eigenvalue weighted by Crippen LogP contribution is -2.00. The molecule has 0 atom stereocenters. The van der Waals surface area contributed by atoms with Crippen LogP contribution in [-0.4, -0.2) is 0 Å². The van der Waals surface area contributed by atoms with Crippen molar-refractivity contribution in [2.45, 2.75) is 13.8 Å². The van der Waals surface area contributed by atoms with Crippen molar-refractivity contribution in [1.82, 2.24) is 0 Å². The Morgan fingerprint density at radius 2 is 1.75 bits per heavy atom. The van der Waals surface area contributed by atoms with Crippen LogP contribution in [0.3, 0.4) is 0 Å². The van der Waals surface area contributed by atoms with Gasteiger partial charge in [-0.3, -0.25) is 0 Å². The van der Waals surface area contributed by atoms with Crippen molar-refractivity contribution in [2.24, 2.45) is 5.90 Å². The first-order valence-electron chi connectivity index (χ1n) is 3.73. The topological polar surface area (TPSA) is 59.0 Å². The molecule has 0 amide bonds. The van der Waals surface area contributed by atoms with Crippen LogP contribution in [0.1, 0.15) is 19.4 Å². The maximum Gasteiger partial charge on any atom is 0.146 e. The zero-order valence-electron chi connectivity index (χ0n) is 7.24. The molecule has 0 aromatic heterocycles. The van der Waals surface area contributed by atoms with Crippen LogP contribution in [0.5, 0.6) is 5.75 Å². The fraction of sp³-hybridized carbons (Fsp3) is 0.222. The van der Waals surface area contributed by atoms with Gasteiger partial charge in [-0.15, -0.1) is 0 Å². The van der Waals surface area contributed by atoms with Crippen molar-refractivity contribution in [3.63, 3.8) is 0 Å². The highest BCUT2D eigenvalue weighted by Crippen LogP contribution is 2.08. The minimum Gasteiger partial charge on any atom is -0.412 e. The number of nitriles is 1. The largest absolute Gasteiger partial charge is 0.412 e. The lowest BCUT2D eigenvalue weighted by Gasteiger charge is -1.94. The number of nitrogens with two attached hydrogens (primary N) is 1. The van der Waals surface area contributed by atoms with E-state index in [1.54, 1.807) is 24.3 Å². The first-order chi connectivity index (χ1) is 5.86. The maximum absolute atomic E-state index is 8.38. The van der Waals surface area contributed by atoms with E-state index < -0.39 is 0 Å². The summed E-state index contributed by atoms with van der Waals surface area (Å²) in [6, 6.07) is 8.54. The molecule has 0 bridgehead atoms. The maximum atomic E-state index is 8.38. The zero-order valence-corrected chi connectivity index (χ0v) is 7.24. The Bertz CT molecular complexity index is 248. The standard InChI is InChI=1S/C7H6N2O.C2H6/c8-5-6-1-3-7(10-9)4-2-6;1-2/h1-4H,9H2;1-2H3. The Hall–Kier alpha value is -1.53. The molecule has 3 heteroatoms. The number of rotatable bonds is 1. The van der Waals surface area contributed by atoms with Gasteiger partial charge in [0.2, 0.25) is 0 Å². The van der Waals surface area contributed by atoms with Crippen LogP contribution in [0.15, 0.2) is 24.3 Å². The molecule has 12 heavy (non-hydrogen) atoms. The Balaban J connectivity index is 0.000000561. The van der Waals surface area contributed by atoms with Crippen molar-refractivity contribution in [3.8, 4) is 11.8 Å². The molecule has 1 aromatic carbocycles. The molecule has 0 radical (unpaired) electrons. The van der Waals surface area contributed by atoms with Gasteiger partial charge in [0, 0.05) is 0 Å². The van der Waals surface area contributed by atoms with E-state index in [-0.39, 0.29) is 0 Å². The quantitative estimate of drug-likeness (QED) is 0.644. The van der Waals surface area contributed by atoms with Crippen LogP contribution in [-0.2, 0) is 0 Å². The molecule has 0 saturated carbocycles. The molecular formula is C9H12N2O. The summed E-state index contributed by atoms with van der Waals surface area (Å²) in [5, 5.41) is 8.38. The van der Waals surface area contributed by atoms with Crippen LogP contribution in [0.25, 0.3) is 0 Å². The summed E-state index contributed by atoms with van der Waals surface area (Å²) in [4.78, 5) is 4.40. The average Bonchev–Trinajstić information content (AvgIpc) is 2.21. The molecule has 1 aromatic rings. The van der Waals surface area contributed by atoms with Gasteiger partial charge in [-0.2, -0.15) is 11.2 Å². The van der Waals surface area contributed by atoms with Crippen LogP contribution in [0.4, 0.5) is 0 Å². The second-order valence-corrected chi connectivity index (χ2v) is 1.75. The van der Waals surface area contributed by atoms with Crippen LogP contribution in [0.2, 0.25) is 0 Å². The van der Waals surface area contributed by atoms with E-state index >= 15 is 0 Å². The van der Waals surface area contributed by atoms with Crippen molar-refractivity contribution < 1.29 is 4.84 Å². The third kappa shape index (κ3) is 3.04. The highest BCUT2D eigenvalue weighted by atomic mass is 16.6. The minimum atomic E-state index is 0.555. The number of nitrogens with zero attached hydrogens (tertiary/aromatic N) is 1. The summed E-state index contributed by atoms with van der Waals surface area (Å²) in [6.07, 6.45) is 0. The highest BCUT2D eigenvalue weighted by Gasteiger charge is 1.90. The lowest BCUT2D eigenvalue weighted by molar-refractivity contribution is 0.334. The Morgan fingerprint density at radius 3 is 2.08 bits per heavy atom. The van der Waals surface area contributed by atoms with Gasteiger partial charge in [0.15, 0.2) is 0 Å². The van der Waals surface area contributed by atoms with E-state index in [4.69, 9.17) is 11.2 Å². The van der Waals surface area contributed by atoms with Crippen molar-refractivity contribution in [3.05, 3.63) is 29.8 Å². The van der Waals surface area contributed by atoms with Gasteiger partial charge >= 0.3 is 0 Å². The van der Waals surface area contributed by atoms with Crippen LogP contribution in [0, 0.1) is 11.3 Å². The Morgan fingerprint density at radius 1 is 1.25 bits per heavy atom.